The minimum Gasteiger partial charge on any atom is -0.433 e. The number of anilines is 2. The summed E-state index contributed by atoms with van der Waals surface area (Å²) in [6.45, 7) is 1.45. The van der Waals surface area contributed by atoms with Crippen LogP contribution in [0.5, 0.6) is 5.75 Å². The number of aromatic nitrogens is 2. The number of carbonyl (C=O) groups excluding carboxylic acids is 1. The predicted molar refractivity (Wildman–Crippen MR) is 96.1 cm³/mol. The maximum Gasteiger partial charge on any atom is 0.387 e. The number of amides is 1. The number of nitrogens with one attached hydrogen (secondary N) is 2. The number of hydrogen-bond donors (Lipinski definition) is 2. The molecule has 1 atom stereocenters. The first-order valence-corrected chi connectivity index (χ1v) is 9.25. The van der Waals surface area contributed by atoms with Gasteiger partial charge in [0.2, 0.25) is 11.0 Å². The van der Waals surface area contributed by atoms with Crippen LogP contribution >= 0.6 is 34.7 Å². The Morgan fingerprint density at radius 1 is 1.44 bits per heavy atom. The van der Waals surface area contributed by atoms with Gasteiger partial charge in [-0.15, -0.1) is 10.2 Å². The smallest absolute Gasteiger partial charge is 0.387 e. The molecule has 25 heavy (non-hydrogen) atoms. The highest BCUT2D eigenvalue weighted by Crippen LogP contribution is 2.31. The highest BCUT2D eigenvalue weighted by molar-refractivity contribution is 8.02. The van der Waals surface area contributed by atoms with Crippen LogP contribution in [0.4, 0.5) is 19.6 Å². The fourth-order valence-corrected chi connectivity index (χ4v) is 3.89. The van der Waals surface area contributed by atoms with Gasteiger partial charge in [-0.2, -0.15) is 8.78 Å². The van der Waals surface area contributed by atoms with Crippen molar-refractivity contribution in [3.63, 3.8) is 0 Å². The molecule has 1 heterocycles. The molecule has 0 aliphatic carbocycles. The molecular formula is C14H15ClF2N4O2S2. The van der Waals surface area contributed by atoms with Gasteiger partial charge < -0.3 is 15.4 Å². The Morgan fingerprint density at radius 3 is 2.84 bits per heavy atom. The Kier molecular flexibility index (Phi) is 7.21. The van der Waals surface area contributed by atoms with Gasteiger partial charge in [0.05, 0.1) is 10.3 Å². The second-order valence-electron chi connectivity index (χ2n) is 4.68. The van der Waals surface area contributed by atoms with Crippen LogP contribution in [0.25, 0.3) is 0 Å². The summed E-state index contributed by atoms with van der Waals surface area (Å²) in [4.78, 5) is 12.2. The fraction of sp³-hybridized carbons (Fsp3) is 0.357. The molecule has 2 aromatic rings. The minimum absolute atomic E-state index is 0.0159. The Labute approximate surface area is 156 Å². The third-order valence-electron chi connectivity index (χ3n) is 2.80. The molecule has 0 spiro atoms. The first-order chi connectivity index (χ1) is 11.9. The number of carbonyl (C=O) groups is 1. The lowest BCUT2D eigenvalue weighted by Crippen LogP contribution is -2.22. The summed E-state index contributed by atoms with van der Waals surface area (Å²) in [6.07, 6.45) is 0. The highest BCUT2D eigenvalue weighted by atomic mass is 35.5. The Bertz CT molecular complexity index is 733. The number of rotatable bonds is 8. The highest BCUT2D eigenvalue weighted by Gasteiger charge is 2.18. The van der Waals surface area contributed by atoms with Crippen LogP contribution in [-0.2, 0) is 4.79 Å². The molecule has 0 radical (unpaired) electrons. The summed E-state index contributed by atoms with van der Waals surface area (Å²) in [5, 5.41) is 13.9. The van der Waals surface area contributed by atoms with Crippen molar-refractivity contribution in [1.82, 2.24) is 10.2 Å². The zero-order valence-electron chi connectivity index (χ0n) is 13.3. The monoisotopic (exact) mass is 408 g/mol. The number of benzene rings is 1. The van der Waals surface area contributed by atoms with Crippen molar-refractivity contribution >= 4 is 51.4 Å². The average Bonchev–Trinajstić information content (AvgIpc) is 2.97. The van der Waals surface area contributed by atoms with Gasteiger partial charge in [0.25, 0.3) is 0 Å². The van der Waals surface area contributed by atoms with E-state index >= 15 is 0 Å². The van der Waals surface area contributed by atoms with Crippen LogP contribution in [0.15, 0.2) is 22.5 Å². The number of ether oxygens (including phenoxy) is 1. The van der Waals surface area contributed by atoms with Gasteiger partial charge in [-0.1, -0.05) is 34.7 Å². The van der Waals surface area contributed by atoms with Gasteiger partial charge in [-0.05, 0) is 32.0 Å². The summed E-state index contributed by atoms with van der Waals surface area (Å²) >= 11 is 8.49. The van der Waals surface area contributed by atoms with Crippen molar-refractivity contribution in [3.05, 3.63) is 23.2 Å². The number of nitrogens with zero attached hydrogens (tertiary/aromatic N) is 2. The Morgan fingerprint density at radius 2 is 2.20 bits per heavy atom. The second-order valence-corrected chi connectivity index (χ2v) is 7.65. The van der Waals surface area contributed by atoms with E-state index in [4.69, 9.17) is 11.6 Å². The Hall–Kier alpha value is -1.65. The van der Waals surface area contributed by atoms with E-state index in [9.17, 15) is 13.6 Å². The van der Waals surface area contributed by atoms with Gasteiger partial charge in [-0.3, -0.25) is 4.79 Å². The van der Waals surface area contributed by atoms with E-state index in [-0.39, 0.29) is 16.7 Å². The molecule has 0 aliphatic rings. The lowest BCUT2D eigenvalue weighted by molar-refractivity contribution is -0.115. The molecule has 0 aliphatic heterocycles. The van der Waals surface area contributed by atoms with Crippen molar-refractivity contribution < 1.29 is 18.3 Å². The summed E-state index contributed by atoms with van der Waals surface area (Å²) in [7, 11) is 0. The number of hydrogen-bond acceptors (Lipinski definition) is 7. The third kappa shape index (κ3) is 5.98. The van der Waals surface area contributed by atoms with Gasteiger partial charge in [-0.25, -0.2) is 0 Å². The van der Waals surface area contributed by atoms with Crippen molar-refractivity contribution in [2.24, 2.45) is 0 Å². The molecule has 1 unspecified atom stereocenters. The molecule has 136 valence electrons. The third-order valence-corrected chi connectivity index (χ3v) is 5.16. The summed E-state index contributed by atoms with van der Waals surface area (Å²) in [5.41, 5.74) is 0.384. The lowest BCUT2D eigenvalue weighted by atomic mass is 10.3. The van der Waals surface area contributed by atoms with Gasteiger partial charge in [0.15, 0.2) is 4.34 Å². The predicted octanol–water partition coefficient (Wildman–Crippen LogP) is 4.34. The standard InChI is InChI=1S/C14H15ClF2N4O2S2/c1-3-18-13-20-21-14(25-13)24-7(2)11(22)19-8-4-5-10(9(15)6-8)23-12(16)17/h4-7,12H,3H2,1-2H3,(H,18,20)(H,19,22). The van der Waals surface area contributed by atoms with Crippen LogP contribution in [0, 0.1) is 0 Å². The van der Waals surface area contributed by atoms with Gasteiger partial charge in [0, 0.05) is 12.2 Å². The van der Waals surface area contributed by atoms with Crippen LogP contribution in [0.3, 0.4) is 0 Å². The molecule has 0 bridgehead atoms. The molecule has 2 rings (SSSR count). The molecule has 2 N–H and O–H groups in total. The van der Waals surface area contributed by atoms with Crippen LogP contribution < -0.4 is 15.4 Å². The van der Waals surface area contributed by atoms with E-state index in [2.05, 4.69) is 25.6 Å². The van der Waals surface area contributed by atoms with Crippen LogP contribution in [-0.4, -0.2) is 34.5 Å². The zero-order chi connectivity index (χ0) is 18.4. The normalized spacial score (nSPS) is 12.1. The van der Waals surface area contributed by atoms with Crippen molar-refractivity contribution in [2.45, 2.75) is 30.0 Å². The summed E-state index contributed by atoms with van der Waals surface area (Å²) in [6, 6.07) is 4.06. The molecule has 0 saturated carbocycles. The largest absolute Gasteiger partial charge is 0.433 e. The Balaban J connectivity index is 1.94. The summed E-state index contributed by atoms with van der Waals surface area (Å²) in [5.74, 6) is -0.425. The maximum absolute atomic E-state index is 12.2. The lowest BCUT2D eigenvalue weighted by Gasteiger charge is -2.12. The fourth-order valence-electron chi connectivity index (χ4n) is 1.70. The number of thioether (sulfide) groups is 1. The van der Waals surface area contributed by atoms with Crippen molar-refractivity contribution in [3.8, 4) is 5.75 Å². The topological polar surface area (TPSA) is 76.1 Å². The first-order valence-electron chi connectivity index (χ1n) is 7.18. The van der Waals surface area contributed by atoms with E-state index in [1.54, 1.807) is 6.92 Å². The molecule has 0 saturated heterocycles. The van der Waals surface area contributed by atoms with E-state index in [0.717, 1.165) is 6.54 Å². The minimum atomic E-state index is -2.96. The zero-order valence-corrected chi connectivity index (χ0v) is 15.6. The van der Waals surface area contributed by atoms with Crippen LogP contribution in [0.2, 0.25) is 5.02 Å². The van der Waals surface area contributed by atoms with Gasteiger partial charge >= 0.3 is 6.61 Å². The van der Waals surface area contributed by atoms with Gasteiger partial charge in [0.1, 0.15) is 5.75 Å². The van der Waals surface area contributed by atoms with E-state index < -0.39 is 11.9 Å². The number of alkyl halides is 2. The van der Waals surface area contributed by atoms with Crippen molar-refractivity contribution in [1.29, 1.82) is 0 Å². The quantitative estimate of drug-likeness (QED) is 0.632. The molecule has 11 heteroatoms. The van der Waals surface area contributed by atoms with Crippen LogP contribution in [0.1, 0.15) is 13.8 Å². The molecule has 0 fully saturated rings. The number of halogens is 3. The first kappa shape index (κ1) is 19.7. The average molecular weight is 409 g/mol. The molecule has 1 amide bonds. The molecule has 1 aromatic carbocycles. The van der Waals surface area contributed by atoms with E-state index in [1.807, 2.05) is 6.92 Å². The molecule has 1 aromatic heterocycles. The van der Waals surface area contributed by atoms with Crippen molar-refractivity contribution in [2.75, 3.05) is 17.2 Å². The maximum atomic E-state index is 12.2. The molecule has 6 nitrogen and oxygen atoms in total. The second kappa shape index (κ2) is 9.16. The summed E-state index contributed by atoms with van der Waals surface area (Å²) < 4.78 is 29.3. The molecular weight excluding hydrogens is 394 g/mol. The SMILES string of the molecule is CCNc1nnc(SC(C)C(=O)Nc2ccc(OC(F)F)c(Cl)c2)s1. The van der Waals surface area contributed by atoms with E-state index in [1.165, 1.54) is 41.3 Å². The van der Waals surface area contributed by atoms with E-state index in [0.29, 0.717) is 15.2 Å².